The summed E-state index contributed by atoms with van der Waals surface area (Å²) >= 11 is 0. The first-order valence-corrected chi connectivity index (χ1v) is 10.8. The van der Waals surface area contributed by atoms with Crippen molar-refractivity contribution >= 4 is 16.0 Å². The summed E-state index contributed by atoms with van der Waals surface area (Å²) in [6.45, 7) is 0.468. The van der Waals surface area contributed by atoms with Crippen LogP contribution in [0.1, 0.15) is 28.9 Å². The fourth-order valence-electron chi connectivity index (χ4n) is 3.02. The van der Waals surface area contributed by atoms with Gasteiger partial charge in [-0.25, -0.2) is 22.7 Å². The maximum absolute atomic E-state index is 12.5. The molecule has 0 saturated carbocycles. The van der Waals surface area contributed by atoms with Crippen LogP contribution in [0.5, 0.6) is 0 Å². The minimum atomic E-state index is -3.82. The lowest BCUT2D eigenvalue weighted by Gasteiger charge is -2.12. The fourth-order valence-corrected chi connectivity index (χ4v) is 4.13. The zero-order chi connectivity index (χ0) is 21.9. The van der Waals surface area contributed by atoms with Gasteiger partial charge in [0.15, 0.2) is 0 Å². The first-order valence-electron chi connectivity index (χ1n) is 9.33. The van der Waals surface area contributed by atoms with Crippen molar-refractivity contribution in [2.45, 2.75) is 30.4 Å². The van der Waals surface area contributed by atoms with E-state index in [2.05, 4.69) is 4.72 Å². The highest BCUT2D eigenvalue weighted by Crippen LogP contribution is 2.15. The molecule has 11 heteroatoms. The standard InChI is InChI=1S/C19H23N3O7S/c1-21-14(10-17(23)22(2)19(21)25)12-29-18(24)13-5-3-7-16(9-13)30(26,27)20-11-15-6-4-8-28-15/h3,5,7,9-10,15,20H,4,6,8,11-12H2,1-2H3/t15-/m1/s1. The number of rotatable bonds is 7. The predicted molar refractivity (Wildman–Crippen MR) is 107 cm³/mol. The van der Waals surface area contributed by atoms with Crippen LogP contribution in [-0.4, -0.2) is 42.8 Å². The summed E-state index contributed by atoms with van der Waals surface area (Å²) in [4.78, 5) is 36.0. The Balaban J connectivity index is 1.70. The highest BCUT2D eigenvalue weighted by molar-refractivity contribution is 7.89. The van der Waals surface area contributed by atoms with Gasteiger partial charge in [0, 0.05) is 33.3 Å². The maximum atomic E-state index is 12.5. The van der Waals surface area contributed by atoms with E-state index in [9.17, 15) is 22.8 Å². The summed E-state index contributed by atoms with van der Waals surface area (Å²) in [6.07, 6.45) is 1.53. The van der Waals surface area contributed by atoms with Crippen LogP contribution in [0, 0.1) is 0 Å². The molecule has 1 aliphatic heterocycles. The molecular formula is C19H23N3O7S. The van der Waals surface area contributed by atoms with E-state index < -0.39 is 27.2 Å². The Labute approximate surface area is 173 Å². The number of nitrogens with zero attached hydrogens (tertiary/aromatic N) is 2. The molecule has 30 heavy (non-hydrogen) atoms. The highest BCUT2D eigenvalue weighted by Gasteiger charge is 2.21. The Morgan fingerprint density at radius 1 is 1.23 bits per heavy atom. The van der Waals surface area contributed by atoms with Crippen molar-refractivity contribution < 1.29 is 22.7 Å². The molecule has 0 bridgehead atoms. The third kappa shape index (κ3) is 4.86. The Kier molecular flexibility index (Phi) is 6.54. The largest absolute Gasteiger partial charge is 0.456 e. The molecule has 2 aromatic rings. The monoisotopic (exact) mass is 437 g/mol. The van der Waals surface area contributed by atoms with E-state index >= 15 is 0 Å². The van der Waals surface area contributed by atoms with Gasteiger partial charge in [-0.2, -0.15) is 0 Å². The SMILES string of the molecule is Cn1c(COC(=O)c2cccc(S(=O)(=O)NC[C@H]3CCCO3)c2)cc(=O)n(C)c1=O. The second-order valence-corrected chi connectivity index (χ2v) is 8.73. The van der Waals surface area contributed by atoms with E-state index in [0.29, 0.717) is 6.61 Å². The average molecular weight is 437 g/mol. The summed E-state index contributed by atoms with van der Waals surface area (Å²) < 4.78 is 40.2. The smallest absolute Gasteiger partial charge is 0.338 e. The number of nitrogens with one attached hydrogen (secondary N) is 1. The van der Waals surface area contributed by atoms with Crippen LogP contribution in [0.15, 0.2) is 44.8 Å². The van der Waals surface area contributed by atoms with Crippen molar-refractivity contribution in [3.63, 3.8) is 0 Å². The molecule has 0 spiro atoms. The lowest BCUT2D eigenvalue weighted by molar-refractivity contribution is 0.0462. The van der Waals surface area contributed by atoms with E-state index in [4.69, 9.17) is 9.47 Å². The van der Waals surface area contributed by atoms with E-state index in [0.717, 1.165) is 17.4 Å². The second kappa shape index (κ2) is 8.94. The molecule has 0 radical (unpaired) electrons. The maximum Gasteiger partial charge on any atom is 0.338 e. The quantitative estimate of drug-likeness (QED) is 0.600. The number of esters is 1. The van der Waals surface area contributed by atoms with Gasteiger partial charge in [0.05, 0.1) is 22.3 Å². The molecule has 1 atom stereocenters. The van der Waals surface area contributed by atoms with Gasteiger partial charge in [-0.05, 0) is 31.0 Å². The number of aromatic nitrogens is 2. The summed E-state index contributed by atoms with van der Waals surface area (Å²) in [6, 6.07) is 6.64. The van der Waals surface area contributed by atoms with Crippen LogP contribution >= 0.6 is 0 Å². The van der Waals surface area contributed by atoms with Gasteiger partial charge in [0.25, 0.3) is 5.56 Å². The molecule has 1 saturated heterocycles. The molecule has 3 rings (SSSR count). The van der Waals surface area contributed by atoms with E-state index in [1.165, 1.54) is 49.0 Å². The number of benzene rings is 1. The number of carbonyl (C=O) groups is 1. The minimum absolute atomic E-state index is 0.0313. The molecule has 0 amide bonds. The number of ether oxygens (including phenoxy) is 2. The zero-order valence-corrected chi connectivity index (χ0v) is 17.5. The Hall–Kier alpha value is -2.76. The first-order chi connectivity index (χ1) is 14.2. The summed E-state index contributed by atoms with van der Waals surface area (Å²) in [7, 11) is -1.02. The Morgan fingerprint density at radius 3 is 2.70 bits per heavy atom. The van der Waals surface area contributed by atoms with Gasteiger partial charge in [0.1, 0.15) is 6.61 Å². The molecule has 0 unspecified atom stereocenters. The molecular weight excluding hydrogens is 414 g/mol. The number of carbonyl (C=O) groups excluding carboxylic acids is 1. The molecule has 1 aromatic heterocycles. The minimum Gasteiger partial charge on any atom is -0.456 e. The third-order valence-electron chi connectivity index (χ3n) is 4.88. The van der Waals surface area contributed by atoms with Gasteiger partial charge in [-0.15, -0.1) is 0 Å². The average Bonchev–Trinajstić information content (AvgIpc) is 3.26. The van der Waals surface area contributed by atoms with Crippen LogP contribution < -0.4 is 16.0 Å². The molecule has 162 valence electrons. The van der Waals surface area contributed by atoms with Crippen LogP contribution in [0.2, 0.25) is 0 Å². The van der Waals surface area contributed by atoms with Crippen LogP contribution in [0.4, 0.5) is 0 Å². The van der Waals surface area contributed by atoms with Crippen LogP contribution in [0.25, 0.3) is 0 Å². The lowest BCUT2D eigenvalue weighted by atomic mass is 10.2. The van der Waals surface area contributed by atoms with Crippen LogP contribution in [-0.2, 0) is 40.2 Å². The molecule has 2 heterocycles. The van der Waals surface area contributed by atoms with Gasteiger partial charge in [-0.1, -0.05) is 6.07 Å². The molecule has 1 aromatic carbocycles. The van der Waals surface area contributed by atoms with Gasteiger partial charge in [-0.3, -0.25) is 13.9 Å². The van der Waals surface area contributed by atoms with Gasteiger partial charge in [0.2, 0.25) is 10.0 Å². The van der Waals surface area contributed by atoms with Crippen molar-refractivity contribution in [2.24, 2.45) is 14.1 Å². The topological polar surface area (TPSA) is 126 Å². The second-order valence-electron chi connectivity index (χ2n) is 6.97. The van der Waals surface area contributed by atoms with E-state index in [1.807, 2.05) is 0 Å². The van der Waals surface area contributed by atoms with Crippen molar-refractivity contribution in [3.8, 4) is 0 Å². The lowest BCUT2D eigenvalue weighted by Crippen LogP contribution is -2.38. The molecule has 1 fully saturated rings. The Morgan fingerprint density at radius 2 is 2.00 bits per heavy atom. The summed E-state index contributed by atoms with van der Waals surface area (Å²) in [5.74, 6) is -0.778. The number of hydrogen-bond acceptors (Lipinski definition) is 7. The molecule has 0 aliphatic carbocycles. The van der Waals surface area contributed by atoms with Crippen molar-refractivity contribution in [1.29, 1.82) is 0 Å². The molecule has 1 N–H and O–H groups in total. The number of hydrogen-bond donors (Lipinski definition) is 1. The zero-order valence-electron chi connectivity index (χ0n) is 16.7. The van der Waals surface area contributed by atoms with E-state index in [1.54, 1.807) is 0 Å². The van der Waals surface area contributed by atoms with Crippen molar-refractivity contribution in [3.05, 3.63) is 62.4 Å². The number of sulfonamides is 1. The molecule has 1 aliphatic rings. The fraction of sp³-hybridized carbons (Fsp3) is 0.421. The normalized spacial score (nSPS) is 16.5. The van der Waals surface area contributed by atoms with Crippen LogP contribution in [0.3, 0.4) is 0 Å². The first kappa shape index (κ1) is 21.9. The van der Waals surface area contributed by atoms with Crippen molar-refractivity contribution in [2.75, 3.05) is 13.2 Å². The summed E-state index contributed by atoms with van der Waals surface area (Å²) in [5, 5.41) is 0. The van der Waals surface area contributed by atoms with Gasteiger partial charge >= 0.3 is 11.7 Å². The van der Waals surface area contributed by atoms with E-state index in [-0.39, 0.29) is 35.4 Å². The third-order valence-corrected chi connectivity index (χ3v) is 6.30. The highest BCUT2D eigenvalue weighted by atomic mass is 32.2. The van der Waals surface area contributed by atoms with Crippen molar-refractivity contribution in [1.82, 2.24) is 13.9 Å². The predicted octanol–water partition coefficient (Wildman–Crippen LogP) is -0.102. The summed E-state index contributed by atoms with van der Waals surface area (Å²) in [5.41, 5.74) is -0.809. The Bertz CT molecular complexity index is 1160. The molecule has 10 nitrogen and oxygen atoms in total. The van der Waals surface area contributed by atoms with Gasteiger partial charge < -0.3 is 9.47 Å².